The summed E-state index contributed by atoms with van der Waals surface area (Å²) in [5, 5.41) is 2.89. The number of thioether (sulfide) groups is 1. The van der Waals surface area contributed by atoms with Crippen LogP contribution in [0.5, 0.6) is 0 Å². The molecular weight excluding hydrogens is 394 g/mol. The molecule has 0 unspecified atom stereocenters. The Hall–Kier alpha value is -1.77. The number of urea groups is 1. The smallest absolute Gasteiger partial charge is 0.329 e. The number of nitrogens with zero attached hydrogens (tertiary/aromatic N) is 2. The molecule has 2 aliphatic heterocycles. The van der Waals surface area contributed by atoms with E-state index in [1.807, 2.05) is 0 Å². The third-order valence-electron chi connectivity index (χ3n) is 5.93. The van der Waals surface area contributed by atoms with Crippen LogP contribution in [0.25, 0.3) is 0 Å². The minimum atomic E-state index is -0.934. The summed E-state index contributed by atoms with van der Waals surface area (Å²) in [6.07, 6.45) is 2.13. The van der Waals surface area contributed by atoms with Crippen LogP contribution in [0.1, 0.15) is 47.0 Å². The normalized spacial score (nSPS) is 31.7. The first-order valence-electron chi connectivity index (χ1n) is 10.3. The average molecular weight is 426 g/mol. The third-order valence-corrected chi connectivity index (χ3v) is 6.95. The standard InChI is InChI=1S/C20H31N3O5S/c1-5-28-16(25)14-11-29-7-6-22(14)15(24)10-23-17(26)20(21-18(23)27)9-13(2)8-19(3,4)12-20/h13-14H,5-12H2,1-4H3,(H,21,27)/t13-,14+,20-/m1/s1. The quantitative estimate of drug-likeness (QED) is 0.543. The molecule has 0 radical (unpaired) electrons. The number of esters is 1. The SMILES string of the molecule is CCOC(=O)[C@@H]1CSCCN1C(=O)CN1C(=O)N[C@@]2(C[C@H](C)CC(C)(C)C2)C1=O. The number of nitrogens with one attached hydrogen (secondary N) is 1. The van der Waals surface area contributed by atoms with E-state index in [2.05, 4.69) is 26.1 Å². The Morgan fingerprint density at radius 1 is 1.28 bits per heavy atom. The topological polar surface area (TPSA) is 96.0 Å². The molecule has 4 amide bonds. The van der Waals surface area contributed by atoms with Gasteiger partial charge in [-0.05, 0) is 37.5 Å². The number of rotatable bonds is 4. The Labute approximate surface area is 176 Å². The van der Waals surface area contributed by atoms with E-state index >= 15 is 0 Å². The van der Waals surface area contributed by atoms with Crippen molar-refractivity contribution >= 4 is 35.6 Å². The maximum Gasteiger partial charge on any atom is 0.329 e. The van der Waals surface area contributed by atoms with Crippen molar-refractivity contribution in [3.05, 3.63) is 0 Å². The Bertz CT molecular complexity index is 712. The van der Waals surface area contributed by atoms with Crippen LogP contribution in [0.4, 0.5) is 4.79 Å². The molecule has 2 saturated heterocycles. The van der Waals surface area contributed by atoms with Gasteiger partial charge in [0, 0.05) is 18.1 Å². The zero-order valence-electron chi connectivity index (χ0n) is 17.7. The van der Waals surface area contributed by atoms with Crippen LogP contribution < -0.4 is 5.32 Å². The minimum Gasteiger partial charge on any atom is -0.464 e. The van der Waals surface area contributed by atoms with E-state index in [0.29, 0.717) is 36.8 Å². The number of carbonyl (C=O) groups excluding carboxylic acids is 4. The lowest BCUT2D eigenvalue weighted by Crippen LogP contribution is -2.55. The molecule has 29 heavy (non-hydrogen) atoms. The van der Waals surface area contributed by atoms with E-state index in [-0.39, 0.29) is 24.5 Å². The van der Waals surface area contributed by atoms with Crippen LogP contribution in [-0.2, 0) is 19.1 Å². The van der Waals surface area contributed by atoms with E-state index in [9.17, 15) is 19.2 Å². The summed E-state index contributed by atoms with van der Waals surface area (Å²) in [7, 11) is 0. The van der Waals surface area contributed by atoms with Gasteiger partial charge < -0.3 is 15.0 Å². The van der Waals surface area contributed by atoms with Gasteiger partial charge in [-0.25, -0.2) is 9.59 Å². The molecule has 0 aromatic carbocycles. The first-order chi connectivity index (χ1) is 13.6. The van der Waals surface area contributed by atoms with E-state index < -0.39 is 29.5 Å². The molecule has 1 aliphatic carbocycles. The highest BCUT2D eigenvalue weighted by Crippen LogP contribution is 2.46. The van der Waals surface area contributed by atoms with Crippen LogP contribution in [0.2, 0.25) is 0 Å². The first-order valence-corrected chi connectivity index (χ1v) is 11.4. The lowest BCUT2D eigenvalue weighted by Gasteiger charge is -2.43. The summed E-state index contributed by atoms with van der Waals surface area (Å²) >= 11 is 1.59. The summed E-state index contributed by atoms with van der Waals surface area (Å²) in [6.45, 7) is 8.31. The van der Waals surface area contributed by atoms with Crippen molar-refractivity contribution in [2.75, 3.05) is 31.2 Å². The highest BCUT2D eigenvalue weighted by molar-refractivity contribution is 7.99. The van der Waals surface area contributed by atoms with E-state index in [4.69, 9.17) is 4.74 Å². The van der Waals surface area contributed by atoms with Crippen molar-refractivity contribution in [1.82, 2.24) is 15.1 Å². The number of hydrogen-bond donors (Lipinski definition) is 1. The molecule has 3 atom stereocenters. The van der Waals surface area contributed by atoms with Gasteiger partial charge >= 0.3 is 12.0 Å². The van der Waals surface area contributed by atoms with Gasteiger partial charge in [0.1, 0.15) is 18.1 Å². The molecule has 3 aliphatic rings. The van der Waals surface area contributed by atoms with Gasteiger partial charge in [0.25, 0.3) is 5.91 Å². The molecule has 1 spiro atoms. The molecule has 0 bridgehead atoms. The summed E-state index contributed by atoms with van der Waals surface area (Å²) in [5.74, 6) is 0.301. The zero-order chi connectivity index (χ0) is 21.4. The van der Waals surface area contributed by atoms with Crippen molar-refractivity contribution in [3.8, 4) is 0 Å². The van der Waals surface area contributed by atoms with Gasteiger partial charge in [-0.1, -0.05) is 20.8 Å². The summed E-state index contributed by atoms with van der Waals surface area (Å²) in [5.41, 5.74) is -1.00. The molecule has 1 saturated carbocycles. The molecule has 162 valence electrons. The van der Waals surface area contributed by atoms with Crippen LogP contribution in [0.3, 0.4) is 0 Å². The lowest BCUT2D eigenvalue weighted by atomic mass is 9.64. The van der Waals surface area contributed by atoms with Crippen molar-refractivity contribution < 1.29 is 23.9 Å². The van der Waals surface area contributed by atoms with Gasteiger partial charge in [0.2, 0.25) is 5.91 Å². The minimum absolute atomic E-state index is 0.0697. The molecule has 1 N–H and O–H groups in total. The van der Waals surface area contributed by atoms with E-state index in [1.54, 1.807) is 18.7 Å². The number of ether oxygens (including phenoxy) is 1. The van der Waals surface area contributed by atoms with Crippen LogP contribution in [-0.4, -0.2) is 76.4 Å². The predicted molar refractivity (Wildman–Crippen MR) is 109 cm³/mol. The van der Waals surface area contributed by atoms with Crippen molar-refractivity contribution in [2.45, 2.75) is 58.5 Å². The van der Waals surface area contributed by atoms with E-state index in [0.717, 1.165) is 11.3 Å². The third kappa shape index (κ3) is 4.39. The Morgan fingerprint density at radius 3 is 2.66 bits per heavy atom. The Morgan fingerprint density at radius 2 is 2.00 bits per heavy atom. The fraction of sp³-hybridized carbons (Fsp3) is 0.800. The maximum atomic E-state index is 13.2. The second-order valence-corrected chi connectivity index (χ2v) is 10.3. The fourth-order valence-electron chi connectivity index (χ4n) is 5.21. The molecule has 0 aromatic rings. The van der Waals surface area contributed by atoms with Gasteiger partial charge in [0.05, 0.1) is 6.61 Å². The number of hydrogen-bond acceptors (Lipinski definition) is 6. The second-order valence-electron chi connectivity index (χ2n) is 9.19. The molecule has 3 fully saturated rings. The van der Waals surface area contributed by atoms with Crippen molar-refractivity contribution in [1.29, 1.82) is 0 Å². The molecule has 0 aromatic heterocycles. The van der Waals surface area contributed by atoms with Crippen LogP contribution >= 0.6 is 11.8 Å². The average Bonchev–Trinajstić information content (AvgIpc) is 2.83. The summed E-state index contributed by atoms with van der Waals surface area (Å²) < 4.78 is 5.09. The van der Waals surface area contributed by atoms with Crippen molar-refractivity contribution in [2.24, 2.45) is 11.3 Å². The Kier molecular flexibility index (Phi) is 6.17. The van der Waals surface area contributed by atoms with Gasteiger partial charge in [-0.15, -0.1) is 0 Å². The highest BCUT2D eigenvalue weighted by Gasteiger charge is 2.56. The number of carbonyl (C=O) groups is 4. The summed E-state index contributed by atoms with van der Waals surface area (Å²) in [4.78, 5) is 53.6. The number of amides is 4. The fourth-order valence-corrected chi connectivity index (χ4v) is 6.24. The van der Waals surface area contributed by atoms with Crippen LogP contribution in [0, 0.1) is 11.3 Å². The molecule has 2 heterocycles. The largest absolute Gasteiger partial charge is 0.464 e. The van der Waals surface area contributed by atoms with E-state index in [1.165, 1.54) is 4.90 Å². The van der Waals surface area contributed by atoms with Gasteiger partial charge in [0.15, 0.2) is 0 Å². The van der Waals surface area contributed by atoms with Gasteiger partial charge in [-0.2, -0.15) is 11.8 Å². The molecule has 9 heteroatoms. The Balaban J connectivity index is 1.74. The highest BCUT2D eigenvalue weighted by atomic mass is 32.2. The lowest BCUT2D eigenvalue weighted by molar-refractivity contribution is -0.154. The maximum absolute atomic E-state index is 13.2. The molecule has 3 rings (SSSR count). The predicted octanol–water partition coefficient (Wildman–Crippen LogP) is 1.63. The first kappa shape index (κ1) is 21.9. The van der Waals surface area contributed by atoms with Gasteiger partial charge in [-0.3, -0.25) is 14.5 Å². The number of imide groups is 1. The zero-order valence-corrected chi connectivity index (χ0v) is 18.5. The second kappa shape index (κ2) is 8.16. The summed E-state index contributed by atoms with van der Waals surface area (Å²) in [6, 6.07) is -1.20. The molecular formula is C20H31N3O5S. The molecule has 8 nitrogen and oxygen atoms in total. The van der Waals surface area contributed by atoms with Crippen molar-refractivity contribution in [3.63, 3.8) is 0 Å². The van der Waals surface area contributed by atoms with Crippen LogP contribution in [0.15, 0.2) is 0 Å². The monoisotopic (exact) mass is 425 g/mol.